The van der Waals surface area contributed by atoms with E-state index in [1.807, 2.05) is 12.1 Å². The van der Waals surface area contributed by atoms with E-state index in [2.05, 4.69) is 20.3 Å². The third kappa shape index (κ3) is 2.52. The van der Waals surface area contributed by atoms with Crippen LogP contribution in [-0.2, 0) is 13.2 Å². The molecule has 0 radical (unpaired) electrons. The predicted molar refractivity (Wildman–Crippen MR) is 59.5 cm³/mol. The molecule has 0 unspecified atom stereocenters. The molecule has 2 heterocycles. The van der Waals surface area contributed by atoms with Gasteiger partial charge in [-0.3, -0.25) is 4.98 Å². The number of hydrogen-bond donors (Lipinski definition) is 2. The summed E-state index contributed by atoms with van der Waals surface area (Å²) in [6, 6.07) is 3.85. The van der Waals surface area contributed by atoms with Gasteiger partial charge in [-0.2, -0.15) is 0 Å². The minimum Gasteiger partial charge on any atom is -0.391 e. The molecule has 2 rings (SSSR count). The Labute approximate surface area is 93.2 Å². The fraction of sp³-hybridized carbons (Fsp3) is 0.182. The molecule has 0 amide bonds. The molecule has 16 heavy (non-hydrogen) atoms. The largest absolute Gasteiger partial charge is 0.391 e. The van der Waals surface area contributed by atoms with E-state index in [1.165, 1.54) is 6.33 Å². The summed E-state index contributed by atoms with van der Waals surface area (Å²) < 4.78 is 0. The van der Waals surface area contributed by atoms with E-state index in [4.69, 9.17) is 5.11 Å². The molecule has 0 aromatic carbocycles. The molecule has 0 aliphatic carbocycles. The summed E-state index contributed by atoms with van der Waals surface area (Å²) in [5, 5.41) is 12.2. The van der Waals surface area contributed by atoms with Gasteiger partial charge in [-0.25, -0.2) is 9.97 Å². The second-order valence-corrected chi connectivity index (χ2v) is 3.27. The Morgan fingerprint density at radius 2 is 2.19 bits per heavy atom. The summed E-state index contributed by atoms with van der Waals surface area (Å²) in [5.74, 6) is 0.654. The van der Waals surface area contributed by atoms with E-state index in [1.54, 1.807) is 18.6 Å². The van der Waals surface area contributed by atoms with Gasteiger partial charge in [0.05, 0.1) is 6.61 Å². The minimum absolute atomic E-state index is 0.0732. The molecule has 2 aromatic heterocycles. The van der Waals surface area contributed by atoms with Gasteiger partial charge in [0.2, 0.25) is 0 Å². The molecular formula is C11H12N4O. The van der Waals surface area contributed by atoms with Crippen molar-refractivity contribution in [3.05, 3.63) is 48.2 Å². The van der Waals surface area contributed by atoms with Crippen molar-refractivity contribution in [2.45, 2.75) is 13.2 Å². The lowest BCUT2D eigenvalue weighted by Gasteiger charge is -2.08. The Kier molecular flexibility index (Phi) is 3.40. The smallest absolute Gasteiger partial charge is 0.135 e. The van der Waals surface area contributed by atoms with E-state index in [0.29, 0.717) is 17.9 Å². The zero-order valence-corrected chi connectivity index (χ0v) is 8.67. The van der Waals surface area contributed by atoms with Gasteiger partial charge in [0.25, 0.3) is 0 Å². The van der Waals surface area contributed by atoms with Crippen LogP contribution >= 0.6 is 0 Å². The average molecular weight is 216 g/mol. The van der Waals surface area contributed by atoms with Crippen molar-refractivity contribution in [3.8, 4) is 0 Å². The van der Waals surface area contributed by atoms with Crippen LogP contribution < -0.4 is 5.32 Å². The summed E-state index contributed by atoms with van der Waals surface area (Å²) in [6.45, 7) is 0.550. The molecule has 0 aliphatic heterocycles. The number of nitrogens with zero attached hydrogens (tertiary/aromatic N) is 3. The summed E-state index contributed by atoms with van der Waals surface area (Å²) in [7, 11) is 0. The molecule has 0 saturated carbocycles. The Hall–Kier alpha value is -2.01. The van der Waals surface area contributed by atoms with Gasteiger partial charge in [-0.15, -0.1) is 0 Å². The zero-order chi connectivity index (χ0) is 11.2. The lowest BCUT2D eigenvalue weighted by molar-refractivity contribution is 0.281. The molecular weight excluding hydrogens is 204 g/mol. The lowest BCUT2D eigenvalue weighted by atomic mass is 10.2. The van der Waals surface area contributed by atoms with Gasteiger partial charge >= 0.3 is 0 Å². The van der Waals surface area contributed by atoms with E-state index >= 15 is 0 Å². The van der Waals surface area contributed by atoms with Crippen LogP contribution in [0.5, 0.6) is 0 Å². The molecule has 2 N–H and O–H groups in total. The van der Waals surface area contributed by atoms with Gasteiger partial charge in [0.1, 0.15) is 12.1 Å². The van der Waals surface area contributed by atoms with Crippen molar-refractivity contribution in [3.63, 3.8) is 0 Å². The third-order valence-corrected chi connectivity index (χ3v) is 2.14. The van der Waals surface area contributed by atoms with Gasteiger partial charge in [0.15, 0.2) is 0 Å². The van der Waals surface area contributed by atoms with Crippen molar-refractivity contribution in [1.29, 1.82) is 0 Å². The fourth-order valence-corrected chi connectivity index (χ4v) is 1.32. The Morgan fingerprint density at radius 1 is 1.25 bits per heavy atom. The maximum absolute atomic E-state index is 9.08. The summed E-state index contributed by atoms with van der Waals surface area (Å²) >= 11 is 0. The molecule has 82 valence electrons. The van der Waals surface area contributed by atoms with Crippen molar-refractivity contribution in [2.75, 3.05) is 5.32 Å². The molecule has 0 spiro atoms. The van der Waals surface area contributed by atoms with Crippen LogP contribution in [-0.4, -0.2) is 20.1 Å². The molecule has 0 aliphatic rings. The number of aliphatic hydroxyl groups excluding tert-OH is 1. The monoisotopic (exact) mass is 216 g/mol. The van der Waals surface area contributed by atoms with Crippen LogP contribution in [0.15, 0.2) is 37.1 Å². The molecule has 0 bridgehead atoms. The number of rotatable bonds is 4. The van der Waals surface area contributed by atoms with Gasteiger partial charge in [0, 0.05) is 30.7 Å². The predicted octanol–water partition coefficient (Wildman–Crippen LogP) is 0.976. The highest BCUT2D eigenvalue weighted by Gasteiger charge is 2.01. The highest BCUT2D eigenvalue weighted by molar-refractivity contribution is 5.42. The van der Waals surface area contributed by atoms with E-state index in [0.717, 1.165) is 5.56 Å². The lowest BCUT2D eigenvalue weighted by Crippen LogP contribution is -2.05. The van der Waals surface area contributed by atoms with Crippen molar-refractivity contribution < 1.29 is 5.11 Å². The van der Waals surface area contributed by atoms with E-state index in [-0.39, 0.29) is 6.61 Å². The zero-order valence-electron chi connectivity index (χ0n) is 8.67. The Morgan fingerprint density at radius 3 is 2.94 bits per heavy atom. The summed E-state index contributed by atoms with van der Waals surface area (Å²) in [5.41, 5.74) is 1.75. The van der Waals surface area contributed by atoms with Crippen LogP contribution in [0.1, 0.15) is 11.1 Å². The van der Waals surface area contributed by atoms with Crippen molar-refractivity contribution in [1.82, 2.24) is 15.0 Å². The van der Waals surface area contributed by atoms with Crippen molar-refractivity contribution in [2.24, 2.45) is 0 Å². The highest BCUT2D eigenvalue weighted by atomic mass is 16.3. The summed E-state index contributed by atoms with van der Waals surface area (Å²) in [4.78, 5) is 11.9. The average Bonchev–Trinajstić information content (AvgIpc) is 2.38. The minimum atomic E-state index is -0.0732. The van der Waals surface area contributed by atoms with Crippen molar-refractivity contribution >= 4 is 5.82 Å². The van der Waals surface area contributed by atoms with Gasteiger partial charge in [-0.1, -0.05) is 6.07 Å². The van der Waals surface area contributed by atoms with Crippen LogP contribution in [0, 0.1) is 0 Å². The SMILES string of the molecule is OCc1cncnc1NCc1cccnc1. The standard InChI is InChI=1S/C11H12N4O/c16-7-10-6-13-8-15-11(10)14-5-9-2-1-3-12-4-9/h1-4,6,8,16H,5,7H2,(H,13,14,15). The summed E-state index contributed by atoms with van der Waals surface area (Å²) in [6.07, 6.45) is 6.56. The molecule has 5 nitrogen and oxygen atoms in total. The number of hydrogen-bond acceptors (Lipinski definition) is 5. The second kappa shape index (κ2) is 5.18. The first-order chi connectivity index (χ1) is 7.90. The highest BCUT2D eigenvalue weighted by Crippen LogP contribution is 2.10. The Balaban J connectivity index is 2.05. The van der Waals surface area contributed by atoms with E-state index in [9.17, 15) is 0 Å². The van der Waals surface area contributed by atoms with Gasteiger partial charge < -0.3 is 10.4 Å². The first-order valence-corrected chi connectivity index (χ1v) is 4.92. The second-order valence-electron chi connectivity index (χ2n) is 3.27. The Bertz CT molecular complexity index is 447. The molecule has 0 fully saturated rings. The van der Waals surface area contributed by atoms with Crippen LogP contribution in [0.3, 0.4) is 0 Å². The number of anilines is 1. The van der Waals surface area contributed by atoms with Crippen LogP contribution in [0.25, 0.3) is 0 Å². The number of aromatic nitrogens is 3. The quantitative estimate of drug-likeness (QED) is 0.797. The first-order valence-electron chi connectivity index (χ1n) is 4.92. The topological polar surface area (TPSA) is 70.9 Å². The number of aliphatic hydroxyl groups is 1. The first kappa shape index (κ1) is 10.5. The molecule has 0 saturated heterocycles. The number of pyridine rings is 1. The van der Waals surface area contributed by atoms with Gasteiger partial charge in [-0.05, 0) is 11.6 Å². The maximum atomic E-state index is 9.08. The third-order valence-electron chi connectivity index (χ3n) is 2.14. The van der Waals surface area contributed by atoms with Crippen LogP contribution in [0.4, 0.5) is 5.82 Å². The normalized spacial score (nSPS) is 10.1. The van der Waals surface area contributed by atoms with Crippen LogP contribution in [0.2, 0.25) is 0 Å². The number of nitrogens with one attached hydrogen (secondary N) is 1. The fourth-order valence-electron chi connectivity index (χ4n) is 1.32. The molecule has 0 atom stereocenters. The van der Waals surface area contributed by atoms with E-state index < -0.39 is 0 Å². The maximum Gasteiger partial charge on any atom is 0.135 e. The molecule has 2 aromatic rings. The molecule has 5 heteroatoms.